The quantitative estimate of drug-likeness (QED) is 0.430. The van der Waals surface area contributed by atoms with Crippen LogP contribution in [-0.4, -0.2) is 59.9 Å². The molecule has 11 heteroatoms. The topological polar surface area (TPSA) is 132 Å². The zero-order valence-electron chi connectivity index (χ0n) is 9.07. The third kappa shape index (κ3) is 12.0. The molecule has 0 aliphatic carbocycles. The van der Waals surface area contributed by atoms with Gasteiger partial charge in [-0.3, -0.25) is 8.74 Å². The van der Waals surface area contributed by atoms with Gasteiger partial charge in [0.2, 0.25) is 0 Å². The first kappa shape index (κ1) is 16.8. The van der Waals surface area contributed by atoms with E-state index < -0.39 is 53.9 Å². The van der Waals surface area contributed by atoms with E-state index in [1.54, 1.807) is 0 Å². The summed E-state index contributed by atoms with van der Waals surface area (Å²) in [5.74, 6) is -1.63. The van der Waals surface area contributed by atoms with Crippen molar-refractivity contribution < 1.29 is 34.0 Å². The average Bonchev–Trinajstić information content (AvgIpc) is 1.96. The molecule has 8 nitrogen and oxygen atoms in total. The Balaban J connectivity index is 4.06. The Labute approximate surface area is 101 Å². The van der Waals surface area contributed by atoms with Crippen molar-refractivity contribution in [1.29, 1.82) is 0 Å². The molecule has 0 aromatic heterocycles. The van der Waals surface area contributed by atoms with Gasteiger partial charge in [0, 0.05) is 0 Å². The summed E-state index contributed by atoms with van der Waals surface area (Å²) in [7, 11) is -11.5. The van der Waals surface area contributed by atoms with Gasteiger partial charge in [0.05, 0.1) is 30.1 Å². The van der Waals surface area contributed by atoms with Gasteiger partial charge in [-0.1, -0.05) is 0 Å². The lowest BCUT2D eigenvalue weighted by Gasteiger charge is -2.03. The Bertz CT molecular complexity index is 482. The Morgan fingerprint density at radius 2 is 1.47 bits per heavy atom. The van der Waals surface area contributed by atoms with E-state index >= 15 is 0 Å². The highest BCUT2D eigenvalue weighted by Gasteiger charge is 2.14. The lowest BCUT2D eigenvalue weighted by atomic mass is 10.6. The summed E-state index contributed by atoms with van der Waals surface area (Å²) >= 11 is 0. The molecule has 0 amide bonds. The second-order valence-corrected chi connectivity index (χ2v) is 8.84. The van der Waals surface area contributed by atoms with Gasteiger partial charge in [-0.15, -0.1) is 0 Å². The van der Waals surface area contributed by atoms with Crippen LogP contribution >= 0.6 is 0 Å². The van der Waals surface area contributed by atoms with Crippen LogP contribution in [0.1, 0.15) is 6.42 Å². The summed E-state index contributed by atoms with van der Waals surface area (Å²) in [6.07, 6.45) is 0.540. The summed E-state index contributed by atoms with van der Waals surface area (Å²) in [5, 5.41) is 0. The van der Waals surface area contributed by atoms with Gasteiger partial charge in [0.25, 0.3) is 20.2 Å². The molecular weight excluding hydrogens is 296 g/mol. The molecule has 0 aliphatic rings. The smallest absolute Gasteiger partial charge is 0.264 e. The molecule has 104 valence electrons. The molecule has 0 bridgehead atoms. The van der Waals surface area contributed by atoms with Gasteiger partial charge < -0.3 is 0 Å². The van der Waals surface area contributed by atoms with Crippen molar-refractivity contribution >= 4 is 30.1 Å². The molecule has 0 radical (unpaired) electrons. The van der Waals surface area contributed by atoms with Crippen LogP contribution in [0, 0.1) is 0 Å². The summed E-state index contributed by atoms with van der Waals surface area (Å²) in [4.78, 5) is 0. The Morgan fingerprint density at radius 1 is 0.941 bits per heavy atom. The van der Waals surface area contributed by atoms with Crippen molar-refractivity contribution in [3.8, 4) is 0 Å². The van der Waals surface area contributed by atoms with Crippen LogP contribution in [0.5, 0.6) is 0 Å². The van der Waals surface area contributed by atoms with Crippen molar-refractivity contribution in [3.63, 3.8) is 0 Å². The van der Waals surface area contributed by atoms with Gasteiger partial charge >= 0.3 is 0 Å². The maximum Gasteiger partial charge on any atom is 0.264 e. The minimum Gasteiger partial charge on any atom is -0.286 e. The SMILES string of the molecule is CS(=O)(=O)OCCS(=O)(=O)CCCS(=O)(=O)O. The van der Waals surface area contributed by atoms with Gasteiger partial charge in [-0.2, -0.15) is 16.8 Å². The summed E-state index contributed by atoms with van der Waals surface area (Å²) < 4.78 is 76.8. The predicted molar refractivity (Wildman–Crippen MR) is 60.5 cm³/mol. The molecule has 0 aromatic carbocycles. The number of hydrogen-bond donors (Lipinski definition) is 1. The summed E-state index contributed by atoms with van der Waals surface area (Å²) in [5.41, 5.74) is 0. The zero-order valence-corrected chi connectivity index (χ0v) is 11.5. The van der Waals surface area contributed by atoms with Crippen molar-refractivity contribution in [2.75, 3.05) is 30.1 Å². The van der Waals surface area contributed by atoms with Crippen molar-refractivity contribution in [2.45, 2.75) is 6.42 Å². The van der Waals surface area contributed by atoms with E-state index in [1.807, 2.05) is 0 Å². The average molecular weight is 310 g/mol. The molecule has 0 heterocycles. The van der Waals surface area contributed by atoms with Gasteiger partial charge in [0.15, 0.2) is 9.84 Å². The van der Waals surface area contributed by atoms with Crippen LogP contribution in [0.4, 0.5) is 0 Å². The highest BCUT2D eigenvalue weighted by Crippen LogP contribution is 1.98. The van der Waals surface area contributed by atoms with E-state index in [1.165, 1.54) is 0 Å². The van der Waals surface area contributed by atoms with Crippen LogP contribution in [-0.2, 0) is 34.3 Å². The molecule has 0 rings (SSSR count). The molecule has 0 unspecified atom stereocenters. The molecule has 0 saturated heterocycles. The van der Waals surface area contributed by atoms with Crippen LogP contribution in [0.15, 0.2) is 0 Å². The van der Waals surface area contributed by atoms with Crippen LogP contribution in [0.2, 0.25) is 0 Å². The number of rotatable bonds is 8. The van der Waals surface area contributed by atoms with E-state index in [2.05, 4.69) is 4.18 Å². The molecule has 17 heavy (non-hydrogen) atoms. The van der Waals surface area contributed by atoms with Crippen LogP contribution < -0.4 is 0 Å². The number of sulfone groups is 1. The Kier molecular flexibility index (Phi) is 6.01. The lowest BCUT2D eigenvalue weighted by Crippen LogP contribution is -2.19. The van der Waals surface area contributed by atoms with Crippen LogP contribution in [0.3, 0.4) is 0 Å². The van der Waals surface area contributed by atoms with Crippen molar-refractivity contribution in [2.24, 2.45) is 0 Å². The van der Waals surface area contributed by atoms with E-state index in [-0.39, 0.29) is 6.42 Å². The molecular formula is C6H14O8S3. The van der Waals surface area contributed by atoms with Gasteiger partial charge in [-0.05, 0) is 6.42 Å². The molecule has 0 spiro atoms. The fourth-order valence-electron chi connectivity index (χ4n) is 0.876. The monoisotopic (exact) mass is 310 g/mol. The largest absolute Gasteiger partial charge is 0.286 e. The maximum absolute atomic E-state index is 11.3. The highest BCUT2D eigenvalue weighted by molar-refractivity contribution is 7.91. The van der Waals surface area contributed by atoms with Crippen molar-refractivity contribution in [3.05, 3.63) is 0 Å². The van der Waals surface area contributed by atoms with E-state index in [0.29, 0.717) is 0 Å². The predicted octanol–water partition coefficient (Wildman–Crippen LogP) is -1.34. The minimum atomic E-state index is -4.18. The zero-order chi connectivity index (χ0) is 13.7. The van der Waals surface area contributed by atoms with E-state index in [9.17, 15) is 25.3 Å². The first-order valence-corrected chi connectivity index (χ1v) is 9.66. The lowest BCUT2D eigenvalue weighted by molar-refractivity contribution is 0.343. The fraction of sp³-hybridized carbons (Fsp3) is 1.00. The maximum atomic E-state index is 11.3. The summed E-state index contributed by atoms with van der Waals surface area (Å²) in [6, 6.07) is 0. The van der Waals surface area contributed by atoms with Crippen LogP contribution in [0.25, 0.3) is 0 Å². The molecule has 0 saturated carbocycles. The highest BCUT2D eigenvalue weighted by atomic mass is 32.2. The molecule has 0 aromatic rings. The molecule has 0 fully saturated rings. The normalized spacial score (nSPS) is 13.8. The first-order valence-electron chi connectivity index (χ1n) is 4.41. The van der Waals surface area contributed by atoms with Crippen molar-refractivity contribution in [1.82, 2.24) is 0 Å². The molecule has 0 aliphatic heterocycles. The van der Waals surface area contributed by atoms with E-state index in [0.717, 1.165) is 6.26 Å². The Morgan fingerprint density at radius 3 is 1.88 bits per heavy atom. The third-order valence-corrected chi connectivity index (χ3v) is 4.65. The van der Waals surface area contributed by atoms with E-state index in [4.69, 9.17) is 4.55 Å². The second kappa shape index (κ2) is 6.09. The summed E-state index contributed by atoms with van der Waals surface area (Å²) in [6.45, 7) is -0.507. The van der Waals surface area contributed by atoms with Gasteiger partial charge in [-0.25, -0.2) is 8.42 Å². The number of hydrogen-bond acceptors (Lipinski definition) is 7. The third-order valence-electron chi connectivity index (χ3n) is 1.55. The minimum absolute atomic E-state index is 0.250. The standard InChI is InChI=1S/C6H14O8S3/c1-15(7,8)14-3-6-16(9,10)4-2-5-17(11,12)13/h2-6H2,1H3,(H,11,12,13). The molecule has 1 N–H and O–H groups in total. The second-order valence-electron chi connectivity index (χ2n) is 3.32. The fourth-order valence-corrected chi connectivity index (χ4v) is 3.18. The molecule has 0 atom stereocenters. The Hall–Kier alpha value is -0.230. The van der Waals surface area contributed by atoms with Gasteiger partial charge in [0.1, 0.15) is 0 Å². The first-order chi connectivity index (χ1) is 7.41.